The van der Waals surface area contributed by atoms with Crippen LogP contribution in [0.2, 0.25) is 0 Å². The highest BCUT2D eigenvalue weighted by Crippen LogP contribution is 2.26. The number of aliphatic hydroxyl groups excluding tert-OH is 2. The molecule has 1 fully saturated rings. The maximum absolute atomic E-state index is 11.6. The normalized spacial score (nSPS) is 22.6. The van der Waals surface area contributed by atoms with Crippen molar-refractivity contribution >= 4 is 18.2 Å². The number of aliphatic hydroxyl groups is 2. The molecule has 2 aliphatic rings. The van der Waals surface area contributed by atoms with Crippen molar-refractivity contribution < 1.29 is 38.8 Å². The fourth-order valence-electron chi connectivity index (χ4n) is 2.51. The van der Waals surface area contributed by atoms with Crippen LogP contribution < -0.4 is 0 Å². The zero-order chi connectivity index (χ0) is 19.5. The summed E-state index contributed by atoms with van der Waals surface area (Å²) < 4.78 is 15.2. The highest BCUT2D eigenvalue weighted by molar-refractivity contribution is 5.81. The largest absolute Gasteiger partial charge is 0.467 e. The van der Waals surface area contributed by atoms with Crippen molar-refractivity contribution in [2.24, 2.45) is 0 Å². The van der Waals surface area contributed by atoms with Crippen LogP contribution in [0.5, 0.6) is 0 Å². The van der Waals surface area contributed by atoms with E-state index in [1.807, 2.05) is 17.2 Å². The van der Waals surface area contributed by atoms with Crippen molar-refractivity contribution in [3.8, 4) is 0 Å². The standard InChI is InChI=1S/C16H21NO7.CH4O/c1-22-16(21)13(19)7-15(20)23-10-12-4-5-14(24-12)17-6-2-3-11(8-17)9-18;1-2/h2,6,8-9,12-14,19H,3-5,7,10H2,1H3;2H,1H3. The second-order valence-corrected chi connectivity index (χ2v) is 5.57. The van der Waals surface area contributed by atoms with Crippen LogP contribution in [-0.4, -0.2) is 72.6 Å². The predicted molar refractivity (Wildman–Crippen MR) is 89.4 cm³/mol. The SMILES string of the molecule is CO.COC(=O)C(O)CC(=O)OCC1CCC(N2C=CCC(C=O)=C2)O1. The summed E-state index contributed by atoms with van der Waals surface area (Å²) in [5, 5.41) is 16.4. The van der Waals surface area contributed by atoms with Gasteiger partial charge in [0.25, 0.3) is 0 Å². The van der Waals surface area contributed by atoms with E-state index in [2.05, 4.69) is 4.74 Å². The van der Waals surface area contributed by atoms with E-state index in [0.717, 1.165) is 26.9 Å². The maximum Gasteiger partial charge on any atom is 0.335 e. The average Bonchev–Trinajstić information content (AvgIpc) is 3.16. The Morgan fingerprint density at radius 3 is 2.81 bits per heavy atom. The Hall–Kier alpha value is -2.23. The van der Waals surface area contributed by atoms with Crippen LogP contribution in [0.4, 0.5) is 0 Å². The van der Waals surface area contributed by atoms with E-state index in [1.54, 1.807) is 6.20 Å². The van der Waals surface area contributed by atoms with Gasteiger partial charge in [0.1, 0.15) is 19.1 Å². The van der Waals surface area contributed by atoms with Gasteiger partial charge in [0.05, 0.1) is 19.6 Å². The summed E-state index contributed by atoms with van der Waals surface area (Å²) in [4.78, 5) is 35.3. The van der Waals surface area contributed by atoms with Crippen molar-refractivity contribution in [3.05, 3.63) is 24.0 Å². The average molecular weight is 371 g/mol. The lowest BCUT2D eigenvalue weighted by molar-refractivity contribution is -0.160. The minimum absolute atomic E-state index is 0.0467. The zero-order valence-electron chi connectivity index (χ0n) is 14.9. The van der Waals surface area contributed by atoms with Crippen molar-refractivity contribution in [2.45, 2.75) is 44.1 Å². The number of nitrogens with zero attached hydrogens (tertiary/aromatic N) is 1. The lowest BCUT2D eigenvalue weighted by Gasteiger charge is -2.26. The van der Waals surface area contributed by atoms with Gasteiger partial charge in [-0.05, 0) is 19.3 Å². The van der Waals surface area contributed by atoms with E-state index in [9.17, 15) is 19.5 Å². The van der Waals surface area contributed by atoms with Crippen LogP contribution in [0.3, 0.4) is 0 Å². The number of allylic oxidation sites excluding steroid dienone is 2. The van der Waals surface area contributed by atoms with Gasteiger partial charge in [-0.1, -0.05) is 6.08 Å². The third-order valence-electron chi connectivity index (χ3n) is 3.78. The van der Waals surface area contributed by atoms with Gasteiger partial charge in [-0.15, -0.1) is 0 Å². The van der Waals surface area contributed by atoms with Crippen LogP contribution >= 0.6 is 0 Å². The van der Waals surface area contributed by atoms with E-state index in [0.29, 0.717) is 18.4 Å². The van der Waals surface area contributed by atoms with Crippen molar-refractivity contribution in [2.75, 3.05) is 20.8 Å². The molecule has 0 saturated carbocycles. The molecule has 2 heterocycles. The Bertz CT molecular complexity index is 545. The molecule has 0 aromatic heterocycles. The number of esters is 2. The predicted octanol–water partition coefficient (Wildman–Crippen LogP) is -0.131. The molecule has 1 saturated heterocycles. The van der Waals surface area contributed by atoms with Gasteiger partial charge in [0.15, 0.2) is 6.10 Å². The molecule has 0 amide bonds. The molecule has 3 unspecified atom stereocenters. The molecular formula is C17H25NO8. The van der Waals surface area contributed by atoms with E-state index in [-0.39, 0.29) is 18.9 Å². The first-order valence-electron chi connectivity index (χ1n) is 8.15. The number of carbonyl (C=O) groups is 3. The molecule has 0 aromatic rings. The molecule has 3 atom stereocenters. The quantitative estimate of drug-likeness (QED) is 0.465. The number of hydrogen-bond donors (Lipinski definition) is 2. The van der Waals surface area contributed by atoms with Crippen LogP contribution in [0, 0.1) is 0 Å². The summed E-state index contributed by atoms with van der Waals surface area (Å²) in [6.45, 7) is 0.0467. The van der Waals surface area contributed by atoms with Crippen LogP contribution in [-0.2, 0) is 28.6 Å². The third kappa shape index (κ3) is 6.58. The molecule has 0 bridgehead atoms. The molecule has 0 aliphatic carbocycles. The van der Waals surface area contributed by atoms with Gasteiger partial charge in [0, 0.05) is 25.1 Å². The fourth-order valence-corrected chi connectivity index (χ4v) is 2.51. The number of carbonyl (C=O) groups excluding carboxylic acids is 3. The monoisotopic (exact) mass is 371 g/mol. The summed E-state index contributed by atoms with van der Waals surface area (Å²) in [7, 11) is 2.13. The van der Waals surface area contributed by atoms with Crippen molar-refractivity contribution in [1.29, 1.82) is 0 Å². The molecule has 2 N–H and O–H groups in total. The molecule has 26 heavy (non-hydrogen) atoms. The van der Waals surface area contributed by atoms with Gasteiger partial charge in [-0.25, -0.2) is 4.79 Å². The Morgan fingerprint density at radius 1 is 1.42 bits per heavy atom. The van der Waals surface area contributed by atoms with Crippen LogP contribution in [0.1, 0.15) is 25.7 Å². The Labute approximate surface area is 151 Å². The van der Waals surface area contributed by atoms with Gasteiger partial charge >= 0.3 is 11.9 Å². The molecule has 0 radical (unpaired) electrons. The lowest BCUT2D eigenvalue weighted by Crippen LogP contribution is -2.30. The Morgan fingerprint density at radius 2 is 2.15 bits per heavy atom. The first-order chi connectivity index (χ1) is 12.5. The number of methoxy groups -OCH3 is 1. The number of hydrogen-bond acceptors (Lipinski definition) is 9. The Kier molecular flexibility index (Phi) is 9.56. The highest BCUT2D eigenvalue weighted by atomic mass is 16.6. The Balaban J connectivity index is 0.00000163. The summed E-state index contributed by atoms with van der Waals surface area (Å²) >= 11 is 0. The second-order valence-electron chi connectivity index (χ2n) is 5.57. The molecule has 2 aliphatic heterocycles. The summed E-state index contributed by atoms with van der Waals surface area (Å²) in [5.41, 5.74) is 0.674. The molecular weight excluding hydrogens is 346 g/mol. The molecule has 0 aromatic carbocycles. The molecule has 2 rings (SSSR count). The molecule has 9 nitrogen and oxygen atoms in total. The summed E-state index contributed by atoms with van der Waals surface area (Å²) in [6.07, 6.45) is 5.90. The first kappa shape index (κ1) is 21.8. The van der Waals surface area contributed by atoms with E-state index < -0.39 is 24.5 Å². The summed E-state index contributed by atoms with van der Waals surface area (Å²) in [6, 6.07) is 0. The third-order valence-corrected chi connectivity index (χ3v) is 3.78. The highest BCUT2D eigenvalue weighted by Gasteiger charge is 2.30. The fraction of sp³-hybridized carbons (Fsp3) is 0.588. The second kappa shape index (κ2) is 11.4. The topological polar surface area (TPSA) is 123 Å². The van der Waals surface area contributed by atoms with Gasteiger partial charge in [0.2, 0.25) is 0 Å². The van der Waals surface area contributed by atoms with Crippen LogP contribution in [0.15, 0.2) is 24.0 Å². The van der Waals surface area contributed by atoms with E-state index in [1.165, 1.54) is 0 Å². The summed E-state index contributed by atoms with van der Waals surface area (Å²) in [5.74, 6) is -1.57. The van der Waals surface area contributed by atoms with E-state index in [4.69, 9.17) is 14.6 Å². The smallest absolute Gasteiger partial charge is 0.335 e. The number of rotatable bonds is 7. The van der Waals surface area contributed by atoms with Gasteiger partial charge < -0.3 is 29.3 Å². The van der Waals surface area contributed by atoms with E-state index >= 15 is 0 Å². The van der Waals surface area contributed by atoms with Crippen LogP contribution in [0.25, 0.3) is 0 Å². The van der Waals surface area contributed by atoms with Gasteiger partial charge in [-0.3, -0.25) is 9.59 Å². The zero-order valence-corrected chi connectivity index (χ0v) is 14.9. The molecule has 9 heteroatoms. The molecule has 0 spiro atoms. The maximum atomic E-state index is 11.6. The number of ether oxygens (including phenoxy) is 3. The van der Waals surface area contributed by atoms with Crippen molar-refractivity contribution in [1.82, 2.24) is 4.90 Å². The minimum Gasteiger partial charge on any atom is -0.467 e. The minimum atomic E-state index is -1.52. The van der Waals surface area contributed by atoms with Gasteiger partial charge in [-0.2, -0.15) is 0 Å². The lowest BCUT2D eigenvalue weighted by atomic mass is 10.1. The number of aldehydes is 1. The van der Waals surface area contributed by atoms with Crippen molar-refractivity contribution in [3.63, 3.8) is 0 Å². The molecule has 146 valence electrons. The first-order valence-corrected chi connectivity index (χ1v) is 8.15.